The summed E-state index contributed by atoms with van der Waals surface area (Å²) in [6.07, 6.45) is -3.66. The molecule has 0 aliphatic carbocycles. The summed E-state index contributed by atoms with van der Waals surface area (Å²) in [5.41, 5.74) is -1.55. The third kappa shape index (κ3) is 4.87. The number of carbonyl (C=O) groups excluding carboxylic acids is 1. The van der Waals surface area contributed by atoms with Crippen LogP contribution in [0.15, 0.2) is 36.5 Å². The molecule has 0 aliphatic rings. The Morgan fingerprint density at radius 3 is 2.44 bits per heavy atom. The Morgan fingerprint density at radius 2 is 1.93 bits per heavy atom. The van der Waals surface area contributed by atoms with Crippen molar-refractivity contribution in [2.24, 2.45) is 5.92 Å². The van der Waals surface area contributed by atoms with Crippen LogP contribution in [0.25, 0.3) is 5.69 Å². The Hall–Kier alpha value is -2.84. The number of nitrogens with one attached hydrogen (secondary N) is 1. The monoisotopic (exact) mass is 383 g/mol. The van der Waals surface area contributed by atoms with Gasteiger partial charge in [-0.05, 0) is 37.1 Å². The van der Waals surface area contributed by atoms with Crippen LogP contribution in [-0.2, 0) is 11.0 Å². The zero-order valence-corrected chi connectivity index (χ0v) is 15.0. The molecule has 27 heavy (non-hydrogen) atoms. The second-order valence-electron chi connectivity index (χ2n) is 6.79. The van der Waals surface area contributed by atoms with Crippen molar-refractivity contribution in [2.75, 3.05) is 0 Å². The van der Waals surface area contributed by atoms with E-state index in [1.54, 1.807) is 20.8 Å². The molecular formula is C18H20F3N3O3. The predicted molar refractivity (Wildman–Crippen MR) is 91.5 cm³/mol. The lowest BCUT2D eigenvalue weighted by Gasteiger charge is -2.33. The van der Waals surface area contributed by atoms with E-state index in [4.69, 9.17) is 5.11 Å². The number of nitrogens with zero attached hydrogens (tertiary/aromatic N) is 2. The fourth-order valence-corrected chi connectivity index (χ4v) is 2.45. The van der Waals surface area contributed by atoms with E-state index in [0.717, 1.165) is 16.9 Å². The first-order chi connectivity index (χ1) is 12.4. The third-order valence-electron chi connectivity index (χ3n) is 4.44. The summed E-state index contributed by atoms with van der Waals surface area (Å²) in [6, 6.07) is 6.76. The molecule has 0 saturated carbocycles. The first-order valence-corrected chi connectivity index (χ1v) is 8.20. The molecular weight excluding hydrogens is 363 g/mol. The molecule has 1 atom stereocenters. The minimum atomic E-state index is -4.56. The van der Waals surface area contributed by atoms with Gasteiger partial charge in [0.15, 0.2) is 5.69 Å². The Balaban J connectivity index is 2.27. The fourth-order valence-electron chi connectivity index (χ4n) is 2.45. The maximum Gasteiger partial charge on any atom is 0.435 e. The molecule has 0 bridgehead atoms. The van der Waals surface area contributed by atoms with E-state index in [0.29, 0.717) is 0 Å². The number of halogens is 3. The minimum Gasteiger partial charge on any atom is -0.481 e. The molecule has 6 nitrogen and oxygen atoms in total. The lowest BCUT2D eigenvalue weighted by Crippen LogP contribution is -2.51. The zero-order valence-electron chi connectivity index (χ0n) is 15.0. The average Bonchev–Trinajstić information content (AvgIpc) is 3.04. The second kappa shape index (κ2) is 7.42. The summed E-state index contributed by atoms with van der Waals surface area (Å²) in [5.74, 6) is -1.71. The van der Waals surface area contributed by atoms with E-state index in [2.05, 4.69) is 10.4 Å². The molecule has 2 N–H and O–H groups in total. The molecule has 0 radical (unpaired) electrons. The molecule has 0 saturated heterocycles. The van der Waals surface area contributed by atoms with Gasteiger partial charge in [0, 0.05) is 11.8 Å². The van der Waals surface area contributed by atoms with Crippen molar-refractivity contribution in [3.8, 4) is 5.69 Å². The van der Waals surface area contributed by atoms with E-state index in [1.165, 1.54) is 24.3 Å². The normalized spacial score (nSPS) is 14.0. The third-order valence-corrected chi connectivity index (χ3v) is 4.44. The van der Waals surface area contributed by atoms with E-state index >= 15 is 0 Å². The molecule has 2 rings (SSSR count). The number of aromatic nitrogens is 2. The van der Waals surface area contributed by atoms with Crippen LogP contribution in [0.2, 0.25) is 0 Å². The van der Waals surface area contributed by atoms with E-state index < -0.39 is 29.3 Å². The number of carboxylic acids is 1. The van der Waals surface area contributed by atoms with Crippen LogP contribution in [0.4, 0.5) is 13.2 Å². The summed E-state index contributed by atoms with van der Waals surface area (Å²) in [7, 11) is 0. The number of amides is 1. The Bertz CT molecular complexity index is 846. The van der Waals surface area contributed by atoms with Crippen molar-refractivity contribution < 1.29 is 27.9 Å². The van der Waals surface area contributed by atoms with Crippen molar-refractivity contribution in [3.63, 3.8) is 0 Å². The van der Waals surface area contributed by atoms with Crippen molar-refractivity contribution in [2.45, 2.75) is 38.9 Å². The summed E-state index contributed by atoms with van der Waals surface area (Å²) in [5, 5.41) is 15.3. The molecule has 0 fully saturated rings. The largest absolute Gasteiger partial charge is 0.481 e. The predicted octanol–water partition coefficient (Wildman–Crippen LogP) is 3.51. The minimum absolute atomic E-state index is 0.152. The van der Waals surface area contributed by atoms with Gasteiger partial charge in [0.05, 0.1) is 17.6 Å². The average molecular weight is 383 g/mol. The van der Waals surface area contributed by atoms with Gasteiger partial charge in [-0.2, -0.15) is 18.3 Å². The fraction of sp³-hybridized carbons (Fsp3) is 0.389. The maximum atomic E-state index is 12.7. The maximum absolute atomic E-state index is 12.7. The van der Waals surface area contributed by atoms with Crippen LogP contribution in [0.1, 0.15) is 43.2 Å². The van der Waals surface area contributed by atoms with Crippen LogP contribution in [-0.4, -0.2) is 32.3 Å². The molecule has 1 amide bonds. The lowest BCUT2D eigenvalue weighted by molar-refractivity contribution is -0.141. The Kier molecular flexibility index (Phi) is 5.62. The van der Waals surface area contributed by atoms with Gasteiger partial charge in [0.2, 0.25) is 0 Å². The first-order valence-electron chi connectivity index (χ1n) is 8.20. The van der Waals surface area contributed by atoms with Crippen molar-refractivity contribution in [3.05, 3.63) is 47.8 Å². The van der Waals surface area contributed by atoms with Gasteiger partial charge in [-0.3, -0.25) is 9.59 Å². The number of aliphatic carboxylic acids is 1. The van der Waals surface area contributed by atoms with E-state index in [1.807, 2.05) is 0 Å². The second-order valence-corrected chi connectivity index (χ2v) is 6.79. The van der Waals surface area contributed by atoms with Crippen LogP contribution in [0.5, 0.6) is 0 Å². The number of carboxylic acid groups (broad SMARTS) is 1. The van der Waals surface area contributed by atoms with Crippen LogP contribution in [0.3, 0.4) is 0 Å². The summed E-state index contributed by atoms with van der Waals surface area (Å²) >= 11 is 0. The number of hydrogen-bond acceptors (Lipinski definition) is 3. The summed E-state index contributed by atoms with van der Waals surface area (Å²) < 4.78 is 39.1. The Morgan fingerprint density at radius 1 is 1.26 bits per heavy atom. The molecule has 1 aromatic carbocycles. The number of benzene rings is 1. The number of hydrogen-bond donors (Lipinski definition) is 2. The highest BCUT2D eigenvalue weighted by atomic mass is 19.4. The molecule has 0 spiro atoms. The smallest absolute Gasteiger partial charge is 0.435 e. The highest BCUT2D eigenvalue weighted by molar-refractivity contribution is 5.95. The van der Waals surface area contributed by atoms with Gasteiger partial charge >= 0.3 is 12.1 Å². The van der Waals surface area contributed by atoms with Crippen molar-refractivity contribution in [1.82, 2.24) is 15.1 Å². The molecule has 9 heteroatoms. The quantitative estimate of drug-likeness (QED) is 0.800. The van der Waals surface area contributed by atoms with Gasteiger partial charge in [-0.15, -0.1) is 0 Å². The van der Waals surface area contributed by atoms with Crippen molar-refractivity contribution >= 4 is 11.9 Å². The lowest BCUT2D eigenvalue weighted by atomic mass is 9.85. The molecule has 1 heterocycles. The molecule has 146 valence electrons. The first kappa shape index (κ1) is 20.5. The molecule has 2 aromatic rings. The van der Waals surface area contributed by atoms with Gasteiger partial charge in [-0.25, -0.2) is 4.68 Å². The van der Waals surface area contributed by atoms with Crippen LogP contribution in [0, 0.1) is 5.92 Å². The van der Waals surface area contributed by atoms with E-state index in [-0.39, 0.29) is 23.6 Å². The van der Waals surface area contributed by atoms with Gasteiger partial charge in [-0.1, -0.05) is 19.9 Å². The zero-order chi connectivity index (χ0) is 20.4. The number of alkyl halides is 3. The molecule has 0 aliphatic heterocycles. The number of carbonyl (C=O) groups is 2. The van der Waals surface area contributed by atoms with Gasteiger partial charge in [0.25, 0.3) is 5.91 Å². The Labute approximate surface area is 154 Å². The van der Waals surface area contributed by atoms with Crippen LogP contribution >= 0.6 is 0 Å². The van der Waals surface area contributed by atoms with E-state index in [9.17, 15) is 22.8 Å². The van der Waals surface area contributed by atoms with Gasteiger partial charge < -0.3 is 10.4 Å². The van der Waals surface area contributed by atoms with Gasteiger partial charge in [0.1, 0.15) is 0 Å². The summed E-state index contributed by atoms with van der Waals surface area (Å²) in [4.78, 5) is 23.7. The van der Waals surface area contributed by atoms with Crippen molar-refractivity contribution in [1.29, 1.82) is 0 Å². The summed E-state index contributed by atoms with van der Waals surface area (Å²) in [6.45, 7) is 5.22. The molecule has 1 unspecified atom stereocenters. The molecule has 1 aromatic heterocycles. The number of rotatable bonds is 6. The van der Waals surface area contributed by atoms with Crippen LogP contribution < -0.4 is 5.32 Å². The standard InChI is InChI=1S/C18H20F3N3O3/c1-11(2)17(3,10-15(25)26)22-16(27)12-5-4-6-13(9-12)24-8-7-14(23-24)18(19,20)21/h4-9,11H,10H2,1-3H3,(H,22,27)(H,25,26). The highest BCUT2D eigenvalue weighted by Crippen LogP contribution is 2.28. The topological polar surface area (TPSA) is 84.2 Å². The SMILES string of the molecule is CC(C)C(C)(CC(=O)O)NC(=O)c1cccc(-n2ccc(C(F)(F)F)n2)c1. The highest BCUT2D eigenvalue weighted by Gasteiger charge is 2.34.